The van der Waals surface area contributed by atoms with Crippen LogP contribution in [-0.2, 0) is 9.47 Å². The van der Waals surface area contributed by atoms with E-state index in [1.54, 1.807) is 0 Å². The van der Waals surface area contributed by atoms with E-state index < -0.39 is 6.29 Å². The Kier molecular flexibility index (Phi) is 3.89. The summed E-state index contributed by atoms with van der Waals surface area (Å²) in [7, 11) is 0. The van der Waals surface area contributed by atoms with Gasteiger partial charge in [0, 0.05) is 6.42 Å². The Labute approximate surface area is 116 Å². The van der Waals surface area contributed by atoms with Gasteiger partial charge in [-0.05, 0) is 41.9 Å². The summed E-state index contributed by atoms with van der Waals surface area (Å²) in [5.41, 5.74) is 0. The number of aliphatic hydroxyl groups excluding tert-OH is 1. The van der Waals surface area contributed by atoms with E-state index in [1.165, 1.54) is 12.8 Å². The minimum Gasteiger partial charge on any atom is -0.373 e. The molecule has 0 bridgehead atoms. The minimum absolute atomic E-state index is 0.0846. The summed E-state index contributed by atoms with van der Waals surface area (Å²) in [6, 6.07) is 0. The molecule has 2 aliphatic carbocycles. The summed E-state index contributed by atoms with van der Waals surface area (Å²) >= 11 is 0. The van der Waals surface area contributed by atoms with Crippen molar-refractivity contribution in [1.82, 2.24) is 0 Å². The smallest absolute Gasteiger partial charge is 0.181 e. The number of ether oxygens (including phenoxy) is 2. The molecule has 3 fully saturated rings. The topological polar surface area (TPSA) is 38.7 Å². The SMILES string of the molecule is CCC1C2CC(COC3CCOC3O)C2[C@@H]1C(C)C. The molecule has 0 radical (unpaired) electrons. The summed E-state index contributed by atoms with van der Waals surface area (Å²) < 4.78 is 11.0. The van der Waals surface area contributed by atoms with Crippen molar-refractivity contribution in [1.29, 1.82) is 0 Å². The van der Waals surface area contributed by atoms with Gasteiger partial charge < -0.3 is 14.6 Å². The molecule has 110 valence electrons. The van der Waals surface area contributed by atoms with Crippen molar-refractivity contribution >= 4 is 0 Å². The first-order valence-electron chi connectivity index (χ1n) is 8.04. The summed E-state index contributed by atoms with van der Waals surface area (Å²) in [6.45, 7) is 8.54. The fraction of sp³-hybridized carbons (Fsp3) is 1.00. The molecule has 3 aliphatic rings. The summed E-state index contributed by atoms with van der Waals surface area (Å²) in [4.78, 5) is 0. The molecule has 3 rings (SSSR count). The van der Waals surface area contributed by atoms with Crippen molar-refractivity contribution in [2.75, 3.05) is 13.2 Å². The Morgan fingerprint density at radius 2 is 2.16 bits per heavy atom. The second-order valence-electron chi connectivity index (χ2n) is 7.05. The standard InChI is InChI=1S/C16H28O3/c1-4-11-12-7-10(15(12)14(11)9(2)3)8-19-13-5-6-18-16(13)17/h9-17H,4-8H2,1-3H3/t10?,11?,12?,13?,14-,15?,16?/m1/s1. The maximum Gasteiger partial charge on any atom is 0.181 e. The monoisotopic (exact) mass is 268 g/mol. The molecule has 1 aliphatic heterocycles. The highest BCUT2D eigenvalue weighted by molar-refractivity contribution is 5.07. The first-order chi connectivity index (χ1) is 9.13. The van der Waals surface area contributed by atoms with Gasteiger partial charge in [-0.25, -0.2) is 0 Å². The second-order valence-corrected chi connectivity index (χ2v) is 7.05. The van der Waals surface area contributed by atoms with E-state index in [0.29, 0.717) is 6.61 Å². The summed E-state index contributed by atoms with van der Waals surface area (Å²) in [5, 5.41) is 9.60. The van der Waals surface area contributed by atoms with E-state index in [0.717, 1.165) is 48.5 Å². The van der Waals surface area contributed by atoms with Crippen LogP contribution in [0.3, 0.4) is 0 Å². The Balaban J connectivity index is 1.49. The van der Waals surface area contributed by atoms with Crippen LogP contribution in [0.25, 0.3) is 0 Å². The molecule has 0 spiro atoms. The molecular weight excluding hydrogens is 240 g/mol. The van der Waals surface area contributed by atoms with Crippen LogP contribution in [0.4, 0.5) is 0 Å². The molecule has 0 aromatic carbocycles. The van der Waals surface area contributed by atoms with Crippen molar-refractivity contribution in [3.05, 3.63) is 0 Å². The average Bonchev–Trinajstić information content (AvgIpc) is 2.74. The molecule has 2 saturated carbocycles. The number of hydrogen-bond donors (Lipinski definition) is 1. The van der Waals surface area contributed by atoms with Gasteiger partial charge in [-0.3, -0.25) is 0 Å². The molecule has 6 unspecified atom stereocenters. The van der Waals surface area contributed by atoms with Gasteiger partial charge in [-0.15, -0.1) is 0 Å². The van der Waals surface area contributed by atoms with Crippen LogP contribution in [0.15, 0.2) is 0 Å². The van der Waals surface area contributed by atoms with Crippen molar-refractivity contribution in [3.8, 4) is 0 Å². The van der Waals surface area contributed by atoms with Crippen LogP contribution in [0, 0.1) is 35.5 Å². The zero-order valence-electron chi connectivity index (χ0n) is 12.4. The third kappa shape index (κ3) is 2.24. The van der Waals surface area contributed by atoms with Crippen molar-refractivity contribution in [2.24, 2.45) is 35.5 Å². The normalized spacial score (nSPS) is 48.8. The summed E-state index contributed by atoms with van der Waals surface area (Å²) in [5.74, 6) is 5.26. The van der Waals surface area contributed by atoms with Gasteiger partial charge in [0.25, 0.3) is 0 Å². The lowest BCUT2D eigenvalue weighted by atomic mass is 9.40. The van der Waals surface area contributed by atoms with Crippen LogP contribution in [0.2, 0.25) is 0 Å². The highest BCUT2D eigenvalue weighted by Gasteiger charge is 2.60. The zero-order valence-corrected chi connectivity index (χ0v) is 12.4. The first kappa shape index (κ1) is 13.8. The van der Waals surface area contributed by atoms with E-state index in [4.69, 9.17) is 9.47 Å². The Morgan fingerprint density at radius 3 is 2.74 bits per heavy atom. The second kappa shape index (κ2) is 5.34. The highest BCUT2D eigenvalue weighted by atomic mass is 16.6. The molecule has 3 heteroatoms. The fourth-order valence-electron chi connectivity index (χ4n) is 4.96. The largest absolute Gasteiger partial charge is 0.373 e. The highest BCUT2D eigenvalue weighted by Crippen LogP contribution is 2.64. The minimum atomic E-state index is -0.693. The lowest BCUT2D eigenvalue weighted by Crippen LogP contribution is -2.61. The molecule has 1 saturated heterocycles. The molecule has 1 N–H and O–H groups in total. The zero-order chi connectivity index (χ0) is 13.6. The molecule has 0 aromatic heterocycles. The summed E-state index contributed by atoms with van der Waals surface area (Å²) in [6.07, 6.45) is 2.75. The maximum atomic E-state index is 9.60. The molecular formula is C16H28O3. The molecule has 1 heterocycles. The van der Waals surface area contributed by atoms with Gasteiger partial charge in [0.2, 0.25) is 0 Å². The third-order valence-electron chi connectivity index (χ3n) is 5.88. The van der Waals surface area contributed by atoms with Crippen molar-refractivity contribution < 1.29 is 14.6 Å². The van der Waals surface area contributed by atoms with Gasteiger partial charge in [0.1, 0.15) is 6.10 Å². The molecule has 7 atom stereocenters. The number of fused-ring (bicyclic) bond motifs is 1. The predicted molar refractivity (Wildman–Crippen MR) is 73.5 cm³/mol. The maximum absolute atomic E-state index is 9.60. The lowest BCUT2D eigenvalue weighted by Gasteiger charge is -2.65. The fourth-order valence-corrected chi connectivity index (χ4v) is 4.96. The molecule has 3 nitrogen and oxygen atoms in total. The third-order valence-corrected chi connectivity index (χ3v) is 5.88. The van der Waals surface area contributed by atoms with Crippen molar-refractivity contribution in [3.63, 3.8) is 0 Å². The van der Waals surface area contributed by atoms with Crippen LogP contribution < -0.4 is 0 Å². The Morgan fingerprint density at radius 1 is 1.37 bits per heavy atom. The number of hydrogen-bond acceptors (Lipinski definition) is 3. The molecule has 19 heavy (non-hydrogen) atoms. The van der Waals surface area contributed by atoms with Crippen LogP contribution in [0.1, 0.15) is 40.0 Å². The van der Waals surface area contributed by atoms with E-state index in [2.05, 4.69) is 20.8 Å². The van der Waals surface area contributed by atoms with Crippen LogP contribution >= 0.6 is 0 Å². The van der Waals surface area contributed by atoms with Gasteiger partial charge in [-0.2, -0.15) is 0 Å². The van der Waals surface area contributed by atoms with Gasteiger partial charge >= 0.3 is 0 Å². The number of rotatable bonds is 5. The average molecular weight is 268 g/mol. The van der Waals surface area contributed by atoms with Gasteiger partial charge in [-0.1, -0.05) is 27.2 Å². The van der Waals surface area contributed by atoms with E-state index >= 15 is 0 Å². The van der Waals surface area contributed by atoms with Crippen LogP contribution in [0.5, 0.6) is 0 Å². The quantitative estimate of drug-likeness (QED) is 0.833. The van der Waals surface area contributed by atoms with E-state index in [-0.39, 0.29) is 6.10 Å². The Hall–Kier alpha value is -0.120. The lowest BCUT2D eigenvalue weighted by molar-refractivity contribution is -0.202. The van der Waals surface area contributed by atoms with Gasteiger partial charge in [0.15, 0.2) is 6.29 Å². The molecule has 0 aromatic rings. The van der Waals surface area contributed by atoms with E-state index in [1.807, 2.05) is 0 Å². The van der Waals surface area contributed by atoms with E-state index in [9.17, 15) is 5.11 Å². The van der Waals surface area contributed by atoms with Crippen molar-refractivity contribution in [2.45, 2.75) is 52.4 Å². The number of aliphatic hydroxyl groups is 1. The van der Waals surface area contributed by atoms with Gasteiger partial charge in [0.05, 0.1) is 13.2 Å². The predicted octanol–water partition coefficient (Wildman–Crippen LogP) is 2.67. The Bertz CT molecular complexity index is 317. The van der Waals surface area contributed by atoms with Crippen LogP contribution in [-0.4, -0.2) is 30.7 Å². The first-order valence-corrected chi connectivity index (χ1v) is 8.04. The molecule has 0 amide bonds.